The Morgan fingerprint density at radius 3 is 1.09 bits per heavy atom. The van der Waals surface area contributed by atoms with Crippen molar-refractivity contribution in [2.45, 2.75) is 52.4 Å². The standard InChI is InChI=1S/2C31H27.C12H7Si.2ClH.Zr/c2*1-31(2,3)25-20-24-18-19-27(23-14-8-5-9-15-23)30(29(24)21-25)28-17-11-10-16-26(28)22-12-6-4-7-13-22;1-3-7-11-9(5-1)10-6-2-4-8-12(10)13-11;;;/h2*4-21H,1-3H3;1-7H;2*1H;/q3*-1;;;+2/p-2. The van der Waals surface area contributed by atoms with E-state index in [4.69, 9.17) is 17.0 Å². The maximum atomic E-state index is 4.93. The average molecular weight is 1140 g/mol. The molecule has 0 aliphatic carbocycles. The van der Waals surface area contributed by atoms with E-state index in [1.54, 1.807) is 0 Å². The van der Waals surface area contributed by atoms with E-state index in [0.29, 0.717) is 0 Å². The van der Waals surface area contributed by atoms with Gasteiger partial charge in [-0.25, -0.2) is 0 Å². The Balaban J connectivity index is 0.000000138. The van der Waals surface area contributed by atoms with Crippen LogP contribution in [0.2, 0.25) is 0 Å². The van der Waals surface area contributed by atoms with Crippen LogP contribution in [0.25, 0.3) is 99.4 Å². The summed E-state index contributed by atoms with van der Waals surface area (Å²) in [6, 6.07) is 97.4. The third kappa shape index (κ3) is 12.0. The third-order valence-electron chi connectivity index (χ3n) is 14.6. The summed E-state index contributed by atoms with van der Waals surface area (Å²) in [6.07, 6.45) is 0. The number of halogens is 2. The van der Waals surface area contributed by atoms with Crippen LogP contribution in [0.15, 0.2) is 261 Å². The van der Waals surface area contributed by atoms with E-state index in [0.717, 1.165) is 9.52 Å². The summed E-state index contributed by atoms with van der Waals surface area (Å²) in [5, 5.41) is 8.10. The molecule has 4 heteroatoms. The number of benzene rings is 10. The Labute approximate surface area is 483 Å². The fraction of sp³-hybridized carbons (Fsp3) is 0.108. The largest absolute Gasteiger partial charge is 0.184 e. The number of fused-ring (bicyclic) bond motifs is 5. The Bertz CT molecular complexity index is 3680. The Hall–Kier alpha value is -6.90. The molecular weight excluding hydrogens is 1080 g/mol. The smallest absolute Gasteiger partial charge is 0.0920 e. The first-order chi connectivity index (χ1) is 37.9. The van der Waals surface area contributed by atoms with Crippen molar-refractivity contribution in [2.24, 2.45) is 0 Å². The van der Waals surface area contributed by atoms with Crippen LogP contribution in [0.4, 0.5) is 0 Å². The molecular formula is C74H61Cl2SiZr-3. The fourth-order valence-electron chi connectivity index (χ4n) is 10.6. The van der Waals surface area contributed by atoms with Crippen LogP contribution < -0.4 is 10.4 Å². The van der Waals surface area contributed by atoms with Crippen LogP contribution in [0.1, 0.15) is 52.7 Å². The van der Waals surface area contributed by atoms with Crippen molar-refractivity contribution >= 4 is 58.5 Å². The Morgan fingerprint density at radius 1 is 0.359 bits per heavy atom. The SMILES string of the molecule is CC(C)(C)c1cc2c(-c3ccccc3-c3ccccc3)c(-c3ccccc3)ccc2[cH-]1.CC(C)(C)c1cc2c(-c3ccccc3-c3ccccc3)c(-c3ccccc3)ccc2[cH-]1.[Cl][Zr][Cl].[c-]1cccc2c1[Si]c1ccccc1-2. The number of hydrogen-bond acceptors (Lipinski definition) is 0. The number of hydrogen-bond donors (Lipinski definition) is 0. The van der Waals surface area contributed by atoms with E-state index in [9.17, 15) is 0 Å². The van der Waals surface area contributed by atoms with Gasteiger partial charge in [-0.15, -0.1) is 62.5 Å². The summed E-state index contributed by atoms with van der Waals surface area (Å²) in [5.41, 5.74) is 21.1. The Kier molecular flexibility index (Phi) is 17.0. The molecule has 1 aliphatic heterocycles. The van der Waals surface area contributed by atoms with Gasteiger partial charge in [-0.2, -0.15) is 41.6 Å². The molecule has 1 aliphatic rings. The summed E-state index contributed by atoms with van der Waals surface area (Å²) >= 11 is -0.826. The van der Waals surface area contributed by atoms with Crippen molar-refractivity contribution in [2.75, 3.05) is 0 Å². The second-order valence-corrected chi connectivity index (χ2v) is 26.7. The minimum absolute atomic E-state index is 0.113. The molecule has 78 heavy (non-hydrogen) atoms. The minimum Gasteiger partial charge on any atom is -0.184 e. The molecule has 0 amide bonds. The fourth-order valence-corrected chi connectivity index (χ4v) is 11.9. The molecule has 1 heterocycles. The van der Waals surface area contributed by atoms with E-state index < -0.39 is 20.8 Å². The predicted molar refractivity (Wildman–Crippen MR) is 337 cm³/mol. The summed E-state index contributed by atoms with van der Waals surface area (Å²) in [5.74, 6) is 0. The molecule has 382 valence electrons. The molecule has 0 spiro atoms. The van der Waals surface area contributed by atoms with Gasteiger partial charge in [0.2, 0.25) is 0 Å². The maximum Gasteiger partial charge on any atom is 0.0920 e. The van der Waals surface area contributed by atoms with Crippen molar-refractivity contribution in [3.63, 3.8) is 0 Å². The second-order valence-electron chi connectivity index (χ2n) is 21.7. The van der Waals surface area contributed by atoms with Crippen LogP contribution in [0.5, 0.6) is 0 Å². The molecule has 0 bridgehead atoms. The summed E-state index contributed by atoms with van der Waals surface area (Å²) in [4.78, 5) is 0. The molecule has 0 nitrogen and oxygen atoms in total. The Morgan fingerprint density at radius 2 is 0.692 bits per heavy atom. The first-order valence-corrected chi connectivity index (χ1v) is 34.0. The van der Waals surface area contributed by atoms with Crippen LogP contribution in [-0.2, 0) is 31.7 Å². The van der Waals surface area contributed by atoms with Crippen molar-refractivity contribution in [3.05, 3.63) is 278 Å². The van der Waals surface area contributed by atoms with Gasteiger partial charge >= 0.3 is 37.9 Å². The van der Waals surface area contributed by atoms with Gasteiger partial charge in [0, 0.05) is 0 Å². The van der Waals surface area contributed by atoms with E-state index in [1.807, 2.05) is 6.07 Å². The minimum atomic E-state index is -0.826. The zero-order chi connectivity index (χ0) is 54.2. The van der Waals surface area contributed by atoms with Gasteiger partial charge in [-0.05, 0) is 66.5 Å². The number of rotatable bonds is 6. The third-order valence-corrected chi connectivity index (χ3v) is 15.9. The zero-order valence-corrected chi connectivity index (χ0v) is 50.1. The van der Waals surface area contributed by atoms with E-state index in [-0.39, 0.29) is 10.8 Å². The van der Waals surface area contributed by atoms with Crippen molar-refractivity contribution in [3.8, 4) is 77.9 Å². The van der Waals surface area contributed by atoms with Gasteiger partial charge in [0.15, 0.2) is 0 Å². The van der Waals surface area contributed by atoms with Gasteiger partial charge < -0.3 is 0 Å². The molecule has 2 radical (unpaired) electrons. The maximum absolute atomic E-state index is 4.93. The van der Waals surface area contributed by atoms with Gasteiger partial charge in [-0.1, -0.05) is 270 Å². The predicted octanol–water partition coefficient (Wildman–Crippen LogP) is 20.2. The monoisotopic (exact) mass is 1140 g/mol. The molecule has 12 aromatic carbocycles. The molecule has 13 rings (SSSR count). The summed E-state index contributed by atoms with van der Waals surface area (Å²) < 4.78 is 0. The van der Waals surface area contributed by atoms with Gasteiger partial charge in [0.25, 0.3) is 0 Å². The summed E-state index contributed by atoms with van der Waals surface area (Å²) in [6.45, 7) is 13.7. The first kappa shape index (κ1) is 54.5. The molecule has 0 aromatic heterocycles. The molecule has 0 unspecified atom stereocenters. The van der Waals surface area contributed by atoms with Gasteiger partial charge in [0.1, 0.15) is 0 Å². The van der Waals surface area contributed by atoms with Crippen LogP contribution >= 0.6 is 17.0 Å². The first-order valence-electron chi connectivity index (χ1n) is 26.6. The van der Waals surface area contributed by atoms with Crippen molar-refractivity contribution in [1.82, 2.24) is 0 Å². The van der Waals surface area contributed by atoms with Crippen molar-refractivity contribution in [1.29, 1.82) is 0 Å². The van der Waals surface area contributed by atoms with Crippen LogP contribution in [-0.4, -0.2) is 9.52 Å². The second kappa shape index (κ2) is 24.4. The molecule has 0 atom stereocenters. The van der Waals surface area contributed by atoms with E-state index in [2.05, 4.69) is 302 Å². The van der Waals surface area contributed by atoms with Gasteiger partial charge in [-0.3, -0.25) is 0 Å². The molecule has 0 fully saturated rings. The average Bonchev–Trinajstić information content (AvgIpc) is 4.29. The molecule has 0 saturated heterocycles. The van der Waals surface area contributed by atoms with E-state index >= 15 is 0 Å². The van der Waals surface area contributed by atoms with Gasteiger partial charge in [0.05, 0.1) is 9.52 Å². The normalized spacial score (nSPS) is 11.5. The van der Waals surface area contributed by atoms with Crippen molar-refractivity contribution < 1.29 is 20.8 Å². The quantitative estimate of drug-likeness (QED) is 0.115. The molecule has 0 N–H and O–H groups in total. The molecule has 12 aromatic rings. The van der Waals surface area contributed by atoms with Crippen LogP contribution in [0.3, 0.4) is 0 Å². The molecule has 0 saturated carbocycles. The topological polar surface area (TPSA) is 0 Å². The summed E-state index contributed by atoms with van der Waals surface area (Å²) in [7, 11) is 10.7. The zero-order valence-electron chi connectivity index (χ0n) is 45.1. The van der Waals surface area contributed by atoms with Crippen LogP contribution in [0, 0.1) is 6.07 Å². The van der Waals surface area contributed by atoms with E-state index in [1.165, 1.54) is 121 Å².